The molecule has 0 radical (unpaired) electrons. The number of fused-ring (bicyclic) bond motifs is 8. The normalized spacial score (nSPS) is 17.4. The number of nitrogens with two attached hydrogens (primary N) is 1. The quantitative estimate of drug-likeness (QED) is 0.0821. The molecule has 0 spiro atoms. The summed E-state index contributed by atoms with van der Waals surface area (Å²) in [5, 5.41) is 2.28. The van der Waals surface area contributed by atoms with Crippen molar-refractivity contribution in [3.05, 3.63) is 222 Å². The Morgan fingerprint density at radius 1 is 0.659 bits per heavy atom. The summed E-state index contributed by atoms with van der Waals surface area (Å²) in [5.41, 5.74) is 18.2. The van der Waals surface area contributed by atoms with E-state index in [2.05, 4.69) is 144 Å². The molecule has 6 nitrogen and oxygen atoms in total. The van der Waals surface area contributed by atoms with Gasteiger partial charge in [-0.1, -0.05) is 118 Å². The van der Waals surface area contributed by atoms with Crippen LogP contribution in [0.2, 0.25) is 0 Å². The second-order valence-corrected chi connectivity index (χ2v) is 41.8. The summed E-state index contributed by atoms with van der Waals surface area (Å²) in [4.78, 5) is 17.1. The van der Waals surface area contributed by atoms with E-state index >= 15 is 0 Å². The van der Waals surface area contributed by atoms with Gasteiger partial charge in [-0.3, -0.25) is 32.1 Å². The zero-order chi connectivity index (χ0) is 63.0. The van der Waals surface area contributed by atoms with Crippen molar-refractivity contribution in [1.82, 2.24) is 19.9 Å². The maximum atomic E-state index is 6.39. The number of rotatable bonds is 2. The number of halogens is 15. The average molecular weight is 2970 g/mol. The van der Waals surface area contributed by atoms with E-state index < -0.39 is 96.6 Å². The number of nitrogens with one attached hydrogen (secondary N) is 1. The standard InChI is InChI=1S/C12H8N2.C10H8N2.C10H10.C8H12.C7H15N.C3H7N.C3H4.6CH3.15ClH.8Pt/c1-3-9-5-6-10-4-2-8-14-12(10)11(9)13-7-1;1-3-7-11-9(5-1)10-6-2-4-8-12-10;1-2-9-7-4-5-8(6-7)10(9)3-1;1-2-4-6-8-7-5-3-1;1-6-4-2-3-5-7(6)8;1-2-3-4;1-3-2;;;;;;;;;;;;;;;;;;;;;;;;;;;;;/h1-8H;1-8H;1,4,7-10H,2,6H2;1-2,7-8H,3-6H2;6-7H,2-5,8H2,1H3;4H,1-3H2;1-2H2;6*1H3;15*1H;;;;;;;;/q;;-2;;;-2;;6*-1;;;;;;;;;;;;;;;;+1;3*+2;+3;3*+4/p-15/b;;;2-1-,8-7?;;;;;;;;;;;;;;;;;;;;;;;;;;;;;;;;. The van der Waals surface area contributed by atoms with Crippen molar-refractivity contribution in [2.24, 2.45) is 35.3 Å². The van der Waals surface area contributed by atoms with Gasteiger partial charge in [-0.05, 0) is 80.8 Å². The van der Waals surface area contributed by atoms with Crippen molar-refractivity contribution < 1.29 is 134 Å². The SMILES string of the molecule is C1=CCC/C=C\CC1.C=C=C.CC1CCCCC1N.[C-]1=CCC2C3C=[C-]C(C3)C12.[CH2-]CC[NH-].[CH3-].[CH3-].[CH3-].[CH3-].[CH3-].[CH3-].[Cl][Pt+2][Cl].[Cl][Pt+2][Cl].[Cl][Pt+2][Cl].[Cl][Pt+].[Cl][Pt].[Cl][Pt]([Cl])[Cl].[Cl][Pt][Cl].[Cl][Pt][Cl].c1ccc(-c2ccccn2)nc1.c1cnc2c(c1)ccc1cccnc12. The van der Waals surface area contributed by atoms with Gasteiger partial charge in [-0.2, -0.15) is 18.4 Å². The zero-order valence-electron chi connectivity index (χ0n) is 49.3. The van der Waals surface area contributed by atoms with Crippen LogP contribution in [0.5, 0.6) is 0 Å². The fourth-order valence-electron chi connectivity index (χ4n) is 7.60. The summed E-state index contributed by atoms with van der Waals surface area (Å²) >= 11 is -0.991. The molecule has 2 saturated carbocycles. The third-order valence-electron chi connectivity index (χ3n) is 10.8. The van der Waals surface area contributed by atoms with Gasteiger partial charge in [0, 0.05) is 41.6 Å². The Morgan fingerprint density at radius 2 is 1.00 bits per heavy atom. The Bertz CT molecular complexity index is 2130. The van der Waals surface area contributed by atoms with Crippen LogP contribution >= 0.6 is 141 Å². The van der Waals surface area contributed by atoms with Crippen LogP contribution in [0.4, 0.5) is 0 Å². The van der Waals surface area contributed by atoms with Gasteiger partial charge in [0.2, 0.25) is 0 Å². The van der Waals surface area contributed by atoms with Crippen LogP contribution in [0, 0.1) is 93.2 Å². The van der Waals surface area contributed by atoms with Gasteiger partial charge in [-0.15, -0.1) is 5.73 Å². The van der Waals surface area contributed by atoms with Crippen molar-refractivity contribution in [3.63, 3.8) is 0 Å². The van der Waals surface area contributed by atoms with Gasteiger partial charge in [0.25, 0.3) is 0 Å². The first-order valence-corrected chi connectivity index (χ1v) is 65.4. The van der Waals surface area contributed by atoms with E-state index in [0.717, 1.165) is 69.2 Å². The number of benzene rings is 1. The third kappa shape index (κ3) is 69.1. The topological polar surface area (TPSA) is 101 Å². The van der Waals surface area contributed by atoms with Crippen molar-refractivity contribution in [2.75, 3.05) is 6.54 Å². The first-order valence-electron chi connectivity index (χ1n) is 23.2. The van der Waals surface area contributed by atoms with Gasteiger partial charge >= 0.3 is 275 Å². The number of hydrogen-bond acceptors (Lipinski definition) is 5. The van der Waals surface area contributed by atoms with Crippen LogP contribution in [0.1, 0.15) is 77.6 Å². The molecular weight excluding hydrogens is 2890 g/mol. The molecule has 5 aromatic rings. The average Bonchev–Trinajstić information content (AvgIpc) is 2.67. The molecule has 88 heavy (non-hydrogen) atoms. The molecule has 29 heteroatoms. The number of aromatic nitrogens is 4. The molecule has 0 aliphatic heterocycles. The summed E-state index contributed by atoms with van der Waals surface area (Å²) in [6.45, 7) is 12.4. The van der Waals surface area contributed by atoms with E-state index in [4.69, 9.17) is 134 Å². The predicted molar refractivity (Wildman–Crippen MR) is 376 cm³/mol. The van der Waals surface area contributed by atoms with Crippen molar-refractivity contribution >= 4 is 163 Å². The molecule has 3 N–H and O–H groups in total. The maximum absolute atomic E-state index is 6.39. The number of pyridine rings is 4. The molecule has 6 atom stereocenters. The Labute approximate surface area is 665 Å². The van der Waals surface area contributed by atoms with Crippen molar-refractivity contribution in [1.29, 1.82) is 0 Å². The summed E-state index contributed by atoms with van der Waals surface area (Å²) < 4.78 is 0. The van der Waals surface area contributed by atoms with Crippen molar-refractivity contribution in [3.8, 4) is 11.4 Å². The fourth-order valence-corrected chi connectivity index (χ4v) is 7.60. The van der Waals surface area contributed by atoms with E-state index in [1.807, 2.05) is 48.5 Å². The van der Waals surface area contributed by atoms with Crippen molar-refractivity contribution in [2.45, 2.75) is 83.6 Å². The van der Waals surface area contributed by atoms with Gasteiger partial charge in [0.1, 0.15) is 0 Å². The van der Waals surface area contributed by atoms with E-state index in [9.17, 15) is 0 Å². The van der Waals surface area contributed by atoms with Crippen LogP contribution in [0.15, 0.2) is 153 Å². The molecule has 10 rings (SSSR count). The van der Waals surface area contributed by atoms with Crippen LogP contribution in [0.25, 0.3) is 38.9 Å². The summed E-state index contributed by atoms with van der Waals surface area (Å²) in [6, 6.07) is 24.2. The molecule has 4 heterocycles. The largest absolute Gasteiger partial charge is 0.255 e. The summed E-state index contributed by atoms with van der Waals surface area (Å²) in [7, 11) is 72.9. The van der Waals surface area contributed by atoms with E-state index in [0.29, 0.717) is 12.6 Å². The predicted octanol–water partition coefficient (Wildman–Crippen LogP) is 26.4. The van der Waals surface area contributed by atoms with E-state index in [-0.39, 0.29) is 44.6 Å². The molecule has 536 valence electrons. The molecule has 1 aromatic carbocycles. The first-order chi connectivity index (χ1) is 39.8. The second-order valence-electron chi connectivity index (χ2n) is 15.5. The second kappa shape index (κ2) is 93.7. The Hall–Kier alpha value is 4.60. The third-order valence-corrected chi connectivity index (χ3v) is 10.8. The molecule has 5 aliphatic rings. The molecule has 6 unspecified atom stereocenters. The van der Waals surface area contributed by atoms with Crippen LogP contribution in [0.3, 0.4) is 0 Å². The van der Waals surface area contributed by atoms with E-state index in [1.54, 1.807) is 62.3 Å². The van der Waals surface area contributed by atoms with Crippen LogP contribution in [-0.2, 0) is 134 Å². The molecule has 5 aliphatic carbocycles. The molecule has 0 saturated heterocycles. The summed E-state index contributed by atoms with van der Waals surface area (Å²) in [6.07, 6.45) is 41.3. The number of hydrogen-bond donors (Lipinski definition) is 1. The van der Waals surface area contributed by atoms with E-state index in [1.165, 1.54) is 64.2 Å². The fraction of sp³-hybridized carbons (Fsp3) is 0.322. The Morgan fingerprint density at radius 3 is 1.28 bits per heavy atom. The molecule has 4 aromatic heterocycles. The van der Waals surface area contributed by atoms with Gasteiger partial charge in [-0.25, -0.2) is 6.42 Å². The smallest absolute Gasteiger partial charge is 0.0964 e. The molecule has 2 bridgehead atoms. The Kier molecular flexibility index (Phi) is 124. The first kappa shape index (κ1) is 117. The monoisotopic (exact) mass is 2960 g/mol. The van der Waals surface area contributed by atoms with Crippen LogP contribution < -0.4 is 5.73 Å². The minimum atomic E-state index is -1.85. The zero-order valence-corrected chi connectivity index (χ0v) is 78.9. The van der Waals surface area contributed by atoms with Gasteiger partial charge < -0.3 is 75.1 Å². The summed E-state index contributed by atoms with van der Waals surface area (Å²) in [5.74, 6) is 4.07. The minimum Gasteiger partial charge on any atom is -0.255 e. The number of allylic oxidation sites excluding steroid dienone is 8. The van der Waals surface area contributed by atoms with Gasteiger partial charge in [0.05, 0.1) is 22.4 Å². The Balaban J connectivity index is -0.0000000836. The molecular formula is C59H82Cl15N6Pt8-3. The number of nitrogens with zero attached hydrogens (tertiary/aromatic N) is 4. The maximum Gasteiger partial charge on any atom is 0.0964 e. The molecule has 0 amide bonds. The minimum absolute atomic E-state index is 0. The molecule has 2 fully saturated rings. The van der Waals surface area contributed by atoms with Crippen LogP contribution in [-0.4, -0.2) is 32.5 Å². The van der Waals surface area contributed by atoms with Gasteiger partial charge in [0.15, 0.2) is 0 Å².